The number of aliphatic hydroxyl groups excluding tert-OH is 1. The number of nitrogens with one attached hydrogen (secondary N) is 2. The van der Waals surface area contributed by atoms with E-state index in [0.717, 1.165) is 42.1 Å². The molecular formula is C21H27N3O4S. The average Bonchev–Trinajstić information content (AvgIpc) is 3.48. The lowest BCUT2D eigenvalue weighted by atomic mass is 10.0. The topological polar surface area (TPSA) is 92.7 Å². The molecule has 156 valence electrons. The number of hydrogen-bond donors (Lipinski definition) is 3. The highest BCUT2D eigenvalue weighted by Gasteiger charge is 2.37. The van der Waals surface area contributed by atoms with Crippen LogP contribution in [0.5, 0.6) is 0 Å². The molecule has 7 nitrogen and oxygen atoms in total. The number of amides is 1. The third kappa shape index (κ3) is 5.33. The van der Waals surface area contributed by atoms with E-state index in [1.807, 2.05) is 11.7 Å². The molecule has 29 heavy (non-hydrogen) atoms. The molecule has 3 heterocycles. The van der Waals surface area contributed by atoms with Crippen molar-refractivity contribution in [3.05, 3.63) is 41.5 Å². The number of aromatic nitrogens is 1. The molecule has 2 aromatic rings. The number of ether oxygens (including phenoxy) is 2. The number of aliphatic hydroxyl groups is 1. The largest absolute Gasteiger partial charge is 0.442 e. The smallest absolute Gasteiger partial charge is 0.407 e. The molecule has 0 bridgehead atoms. The summed E-state index contributed by atoms with van der Waals surface area (Å²) < 4.78 is 10.9. The molecule has 2 fully saturated rings. The predicted molar refractivity (Wildman–Crippen MR) is 111 cm³/mol. The first-order valence-electron chi connectivity index (χ1n) is 10.1. The highest BCUT2D eigenvalue weighted by molar-refractivity contribution is 7.13. The van der Waals surface area contributed by atoms with Gasteiger partial charge in [0.25, 0.3) is 0 Å². The number of β-amino-alcohol motifs (C(OH)–C–C–N with tert-alkyl or cyclic N) is 1. The van der Waals surface area contributed by atoms with Gasteiger partial charge in [-0.2, -0.15) is 0 Å². The van der Waals surface area contributed by atoms with Crippen LogP contribution >= 0.6 is 11.3 Å². The van der Waals surface area contributed by atoms with Crippen LogP contribution in [0.2, 0.25) is 0 Å². The SMILES string of the molecule is O=C(NCC[C@H]1CCOC1)O[C@@H]1[C@@H](O)CN[C@@H]1Cc1ccc(-c2cncs2)cc1. The maximum atomic E-state index is 12.2. The Morgan fingerprint density at radius 1 is 1.38 bits per heavy atom. The first-order valence-corrected chi connectivity index (χ1v) is 11.0. The second-order valence-electron chi connectivity index (χ2n) is 7.66. The Labute approximate surface area is 174 Å². The molecule has 2 aliphatic heterocycles. The second-order valence-corrected chi connectivity index (χ2v) is 8.55. The summed E-state index contributed by atoms with van der Waals surface area (Å²) in [4.78, 5) is 17.4. The van der Waals surface area contributed by atoms with E-state index < -0.39 is 18.3 Å². The van der Waals surface area contributed by atoms with Gasteiger partial charge >= 0.3 is 6.09 Å². The van der Waals surface area contributed by atoms with Crippen molar-refractivity contribution in [3.8, 4) is 10.4 Å². The van der Waals surface area contributed by atoms with Crippen molar-refractivity contribution < 1.29 is 19.4 Å². The average molecular weight is 418 g/mol. The van der Waals surface area contributed by atoms with Crippen LogP contribution in [0, 0.1) is 5.92 Å². The molecule has 1 aromatic carbocycles. The highest BCUT2D eigenvalue weighted by Crippen LogP contribution is 2.24. The van der Waals surface area contributed by atoms with Gasteiger partial charge in [0.1, 0.15) is 12.2 Å². The number of carbonyl (C=O) groups is 1. The molecule has 1 aromatic heterocycles. The minimum atomic E-state index is -0.703. The maximum absolute atomic E-state index is 12.2. The van der Waals surface area contributed by atoms with Gasteiger partial charge < -0.3 is 25.2 Å². The summed E-state index contributed by atoms with van der Waals surface area (Å²) in [6, 6.07) is 8.17. The van der Waals surface area contributed by atoms with Crippen LogP contribution in [0.3, 0.4) is 0 Å². The molecule has 2 aliphatic rings. The molecule has 2 saturated heterocycles. The molecule has 4 rings (SSSR count). The Morgan fingerprint density at radius 2 is 2.24 bits per heavy atom. The lowest BCUT2D eigenvalue weighted by molar-refractivity contribution is 0.0189. The molecule has 3 N–H and O–H groups in total. The maximum Gasteiger partial charge on any atom is 0.407 e. The summed E-state index contributed by atoms with van der Waals surface area (Å²) in [5.74, 6) is 0.509. The molecule has 4 atom stereocenters. The summed E-state index contributed by atoms with van der Waals surface area (Å²) in [6.07, 6.45) is 2.73. The van der Waals surface area contributed by atoms with Crippen molar-refractivity contribution in [1.29, 1.82) is 0 Å². The highest BCUT2D eigenvalue weighted by atomic mass is 32.1. The number of carbonyl (C=O) groups excluding carboxylic acids is 1. The lowest BCUT2D eigenvalue weighted by Gasteiger charge is -2.22. The van der Waals surface area contributed by atoms with Crippen molar-refractivity contribution >= 4 is 17.4 Å². The van der Waals surface area contributed by atoms with E-state index in [1.54, 1.807) is 11.3 Å². The van der Waals surface area contributed by atoms with Crippen LogP contribution in [0.25, 0.3) is 10.4 Å². The van der Waals surface area contributed by atoms with Crippen LogP contribution in [0.1, 0.15) is 18.4 Å². The Hall–Kier alpha value is -2.00. The summed E-state index contributed by atoms with van der Waals surface area (Å²) in [5, 5.41) is 16.3. The van der Waals surface area contributed by atoms with Crippen molar-refractivity contribution in [3.63, 3.8) is 0 Å². The van der Waals surface area contributed by atoms with Crippen molar-refractivity contribution in [2.24, 2.45) is 5.92 Å². The molecule has 0 saturated carbocycles. The van der Waals surface area contributed by atoms with E-state index in [0.29, 0.717) is 25.4 Å². The number of nitrogens with zero attached hydrogens (tertiary/aromatic N) is 1. The van der Waals surface area contributed by atoms with Crippen LogP contribution < -0.4 is 10.6 Å². The number of thiazole rings is 1. The van der Waals surface area contributed by atoms with Crippen molar-refractivity contribution in [2.45, 2.75) is 37.5 Å². The Balaban J connectivity index is 1.28. The van der Waals surface area contributed by atoms with Crippen LogP contribution in [0.15, 0.2) is 36.0 Å². The quantitative estimate of drug-likeness (QED) is 0.640. The minimum absolute atomic E-state index is 0.117. The second kappa shape index (κ2) is 9.67. The fourth-order valence-corrected chi connectivity index (χ4v) is 4.52. The van der Waals surface area contributed by atoms with E-state index in [4.69, 9.17) is 9.47 Å². The lowest BCUT2D eigenvalue weighted by Crippen LogP contribution is -2.41. The molecule has 0 spiro atoms. The van der Waals surface area contributed by atoms with E-state index in [9.17, 15) is 9.90 Å². The van der Waals surface area contributed by atoms with E-state index in [2.05, 4.69) is 39.9 Å². The zero-order valence-corrected chi connectivity index (χ0v) is 17.1. The van der Waals surface area contributed by atoms with Gasteiger partial charge in [0.2, 0.25) is 0 Å². The molecule has 0 radical (unpaired) electrons. The van der Waals surface area contributed by atoms with Gasteiger partial charge in [-0.05, 0) is 36.3 Å². The van der Waals surface area contributed by atoms with Gasteiger partial charge in [-0.25, -0.2) is 4.79 Å². The molecule has 8 heteroatoms. The molecule has 0 unspecified atom stereocenters. The number of rotatable bonds is 7. The third-order valence-corrected chi connectivity index (χ3v) is 6.40. The molecule has 0 aliphatic carbocycles. The minimum Gasteiger partial charge on any atom is -0.442 e. The third-order valence-electron chi connectivity index (χ3n) is 5.58. The van der Waals surface area contributed by atoms with Crippen LogP contribution in [0.4, 0.5) is 4.79 Å². The first kappa shape index (κ1) is 20.3. The number of alkyl carbamates (subject to hydrolysis) is 1. The molecule has 1 amide bonds. The zero-order chi connectivity index (χ0) is 20.1. The van der Waals surface area contributed by atoms with Crippen LogP contribution in [-0.4, -0.2) is 60.7 Å². The fourth-order valence-electron chi connectivity index (χ4n) is 3.89. The van der Waals surface area contributed by atoms with Gasteiger partial charge in [-0.1, -0.05) is 24.3 Å². The van der Waals surface area contributed by atoms with Gasteiger partial charge in [-0.15, -0.1) is 11.3 Å². The van der Waals surface area contributed by atoms with Crippen molar-refractivity contribution in [1.82, 2.24) is 15.6 Å². The summed E-state index contributed by atoms with van der Waals surface area (Å²) in [6.45, 7) is 2.56. The Kier molecular flexibility index (Phi) is 6.76. The Bertz CT molecular complexity index is 778. The normalized spacial score (nSPS) is 26.5. The van der Waals surface area contributed by atoms with Gasteiger partial charge in [0.15, 0.2) is 0 Å². The summed E-state index contributed by atoms with van der Waals surface area (Å²) >= 11 is 1.61. The fraction of sp³-hybridized carbons (Fsp3) is 0.524. The summed E-state index contributed by atoms with van der Waals surface area (Å²) in [7, 11) is 0. The number of hydrogen-bond acceptors (Lipinski definition) is 7. The number of benzene rings is 1. The van der Waals surface area contributed by atoms with Crippen LogP contribution in [-0.2, 0) is 15.9 Å². The van der Waals surface area contributed by atoms with E-state index >= 15 is 0 Å². The van der Waals surface area contributed by atoms with E-state index in [1.165, 1.54) is 0 Å². The molecular weight excluding hydrogens is 390 g/mol. The van der Waals surface area contributed by atoms with E-state index in [-0.39, 0.29) is 6.04 Å². The Morgan fingerprint density at radius 3 is 2.97 bits per heavy atom. The summed E-state index contributed by atoms with van der Waals surface area (Å²) in [5.41, 5.74) is 4.08. The first-order chi connectivity index (χ1) is 14.2. The van der Waals surface area contributed by atoms with Gasteiger partial charge in [0.05, 0.1) is 16.4 Å². The van der Waals surface area contributed by atoms with Crippen molar-refractivity contribution in [2.75, 3.05) is 26.3 Å². The predicted octanol–water partition coefficient (Wildman–Crippen LogP) is 2.21. The zero-order valence-electron chi connectivity index (χ0n) is 16.3. The van der Waals surface area contributed by atoms with Gasteiger partial charge in [-0.3, -0.25) is 4.98 Å². The van der Waals surface area contributed by atoms with Gasteiger partial charge in [0, 0.05) is 32.5 Å². The monoisotopic (exact) mass is 417 g/mol. The standard InChI is InChI=1S/C21H27N3O4S/c25-18-10-24-17(9-14-1-3-16(4-2-14)19-11-22-13-29-19)20(18)28-21(26)23-7-5-15-6-8-27-12-15/h1-4,11,13,15,17-18,20,24-25H,5-10,12H2,(H,23,26)/t15-,17+,18-,20-/m0/s1.